The number of ether oxygens (including phenoxy) is 1. The molecule has 1 aliphatic heterocycles. The van der Waals surface area contributed by atoms with E-state index in [2.05, 4.69) is 9.97 Å². The Morgan fingerprint density at radius 1 is 1.10 bits per heavy atom. The summed E-state index contributed by atoms with van der Waals surface area (Å²) < 4.78 is 5.79. The van der Waals surface area contributed by atoms with E-state index in [1.54, 1.807) is 0 Å². The van der Waals surface area contributed by atoms with Gasteiger partial charge in [0, 0.05) is 12.0 Å². The third-order valence-electron chi connectivity index (χ3n) is 2.95. The van der Waals surface area contributed by atoms with Crippen LogP contribution in [-0.4, -0.2) is 16.6 Å². The van der Waals surface area contributed by atoms with Gasteiger partial charge >= 0.3 is 0 Å². The van der Waals surface area contributed by atoms with E-state index in [1.165, 1.54) is 0 Å². The maximum Gasteiger partial charge on any atom is 0.224 e. The van der Waals surface area contributed by atoms with Gasteiger partial charge in [-0.25, -0.2) is 9.97 Å². The Labute approximate surface area is 128 Å². The molecule has 0 amide bonds. The second kappa shape index (κ2) is 7.02. The smallest absolute Gasteiger partial charge is 0.224 e. The number of benzene rings is 1. The molecule has 106 valence electrons. The van der Waals surface area contributed by atoms with Crippen molar-refractivity contribution in [2.24, 2.45) is 0 Å². The molecule has 0 saturated heterocycles. The van der Waals surface area contributed by atoms with Crippen LogP contribution in [0.2, 0.25) is 10.4 Å². The summed E-state index contributed by atoms with van der Waals surface area (Å²) in [5, 5.41) is 0.583. The van der Waals surface area contributed by atoms with Crippen LogP contribution in [0.3, 0.4) is 0 Å². The van der Waals surface area contributed by atoms with Gasteiger partial charge in [-0.05, 0) is 17.2 Å². The van der Waals surface area contributed by atoms with Gasteiger partial charge in [-0.3, -0.25) is 0 Å². The van der Waals surface area contributed by atoms with Crippen LogP contribution >= 0.6 is 23.2 Å². The van der Waals surface area contributed by atoms with E-state index in [1.807, 2.05) is 44.2 Å². The first-order valence-corrected chi connectivity index (χ1v) is 7.39. The lowest BCUT2D eigenvalue weighted by Gasteiger charge is -2.25. The van der Waals surface area contributed by atoms with E-state index in [9.17, 15) is 0 Å². The molecule has 2 heterocycles. The number of rotatable bonds is 1. The first kappa shape index (κ1) is 15.2. The summed E-state index contributed by atoms with van der Waals surface area (Å²) in [7, 11) is 0. The molecule has 2 aromatic rings. The van der Waals surface area contributed by atoms with Crippen LogP contribution in [0.5, 0.6) is 0 Å². The van der Waals surface area contributed by atoms with Crippen molar-refractivity contribution in [3.63, 3.8) is 0 Å². The number of aromatic nitrogens is 2. The average Bonchev–Trinajstić information content (AvgIpc) is 2.49. The fourth-order valence-corrected chi connectivity index (χ4v) is 2.62. The SMILES string of the molecule is CC.Clc1nc(Cl)c2c(n1)C(c1ccccc1)OCC2. The van der Waals surface area contributed by atoms with Crippen molar-refractivity contribution >= 4 is 23.2 Å². The van der Waals surface area contributed by atoms with E-state index in [0.717, 1.165) is 16.8 Å². The first-order valence-electron chi connectivity index (χ1n) is 6.64. The summed E-state index contributed by atoms with van der Waals surface area (Å²) in [4.78, 5) is 8.26. The Balaban J connectivity index is 0.000000704. The van der Waals surface area contributed by atoms with E-state index in [4.69, 9.17) is 27.9 Å². The lowest BCUT2D eigenvalue weighted by Crippen LogP contribution is -2.20. The molecule has 0 aliphatic carbocycles. The molecule has 1 aliphatic rings. The molecule has 1 aromatic heterocycles. The third kappa shape index (κ3) is 3.11. The highest BCUT2D eigenvalue weighted by Gasteiger charge is 2.27. The zero-order valence-corrected chi connectivity index (χ0v) is 12.9. The summed E-state index contributed by atoms with van der Waals surface area (Å²) in [5.74, 6) is 0. The Bertz CT molecular complexity index is 576. The standard InChI is InChI=1S/C13H10Cl2N2O.C2H6/c14-12-9-6-7-18-11(8-4-2-1-3-5-8)10(9)16-13(15)17-12;1-2/h1-5,11H,6-7H2;1-2H3. The molecule has 0 N–H and O–H groups in total. The molecular formula is C15H16Cl2N2O. The maximum absolute atomic E-state index is 6.11. The average molecular weight is 311 g/mol. The molecule has 20 heavy (non-hydrogen) atoms. The van der Waals surface area contributed by atoms with Crippen LogP contribution in [0, 0.1) is 0 Å². The van der Waals surface area contributed by atoms with Crippen LogP contribution < -0.4 is 0 Å². The molecule has 1 atom stereocenters. The van der Waals surface area contributed by atoms with Gasteiger partial charge in [0.05, 0.1) is 12.3 Å². The molecule has 0 bridgehead atoms. The van der Waals surface area contributed by atoms with Crippen molar-refractivity contribution in [2.75, 3.05) is 6.61 Å². The monoisotopic (exact) mass is 310 g/mol. The van der Waals surface area contributed by atoms with Gasteiger partial charge in [0.15, 0.2) is 0 Å². The minimum Gasteiger partial charge on any atom is -0.367 e. The summed E-state index contributed by atoms with van der Waals surface area (Å²) in [6, 6.07) is 9.91. The van der Waals surface area contributed by atoms with E-state index in [-0.39, 0.29) is 11.4 Å². The highest BCUT2D eigenvalue weighted by Crippen LogP contribution is 2.34. The summed E-state index contributed by atoms with van der Waals surface area (Å²) in [6.07, 6.45) is 0.502. The Morgan fingerprint density at radius 3 is 2.50 bits per heavy atom. The first-order chi connectivity index (χ1) is 9.75. The zero-order chi connectivity index (χ0) is 14.5. The van der Waals surface area contributed by atoms with Crippen molar-refractivity contribution in [1.29, 1.82) is 0 Å². The van der Waals surface area contributed by atoms with Crippen molar-refractivity contribution in [3.8, 4) is 0 Å². The van der Waals surface area contributed by atoms with E-state index < -0.39 is 0 Å². The molecule has 1 aromatic carbocycles. The predicted octanol–water partition coefficient (Wildman–Crippen LogP) is 4.47. The van der Waals surface area contributed by atoms with Crippen molar-refractivity contribution in [1.82, 2.24) is 9.97 Å². The Kier molecular flexibility index (Phi) is 5.35. The van der Waals surface area contributed by atoms with Crippen LogP contribution in [0.4, 0.5) is 0 Å². The van der Waals surface area contributed by atoms with Gasteiger partial charge < -0.3 is 4.74 Å². The van der Waals surface area contributed by atoms with Gasteiger partial charge in [-0.1, -0.05) is 55.8 Å². The third-order valence-corrected chi connectivity index (χ3v) is 3.43. The molecule has 3 rings (SSSR count). The lowest BCUT2D eigenvalue weighted by atomic mass is 9.99. The quantitative estimate of drug-likeness (QED) is 0.575. The van der Waals surface area contributed by atoms with Crippen molar-refractivity contribution in [3.05, 3.63) is 57.6 Å². The van der Waals surface area contributed by atoms with Crippen LogP contribution in [0.25, 0.3) is 0 Å². The zero-order valence-electron chi connectivity index (χ0n) is 11.4. The molecule has 1 unspecified atom stereocenters. The summed E-state index contributed by atoms with van der Waals surface area (Å²) in [5.41, 5.74) is 2.75. The second-order valence-corrected chi connectivity index (χ2v) is 4.75. The number of halogens is 2. The number of nitrogens with zero attached hydrogens (tertiary/aromatic N) is 2. The van der Waals surface area contributed by atoms with Crippen LogP contribution in [-0.2, 0) is 11.2 Å². The minimum atomic E-state index is -0.215. The Morgan fingerprint density at radius 2 is 1.80 bits per heavy atom. The normalized spacial score (nSPS) is 16.9. The largest absolute Gasteiger partial charge is 0.367 e. The number of hydrogen-bond donors (Lipinski definition) is 0. The summed E-state index contributed by atoms with van der Waals surface area (Å²) in [6.45, 7) is 4.61. The molecular weight excluding hydrogens is 295 g/mol. The fourth-order valence-electron chi connectivity index (χ4n) is 2.13. The van der Waals surface area contributed by atoms with Gasteiger partial charge in [-0.15, -0.1) is 0 Å². The molecule has 3 nitrogen and oxygen atoms in total. The van der Waals surface area contributed by atoms with Crippen LogP contribution in [0.1, 0.15) is 36.8 Å². The molecule has 0 spiro atoms. The second-order valence-electron chi connectivity index (χ2n) is 4.06. The minimum absolute atomic E-state index is 0.158. The molecule has 5 heteroatoms. The van der Waals surface area contributed by atoms with Crippen molar-refractivity contribution in [2.45, 2.75) is 26.4 Å². The fraction of sp³-hybridized carbons (Fsp3) is 0.333. The molecule has 0 saturated carbocycles. The number of hydrogen-bond acceptors (Lipinski definition) is 3. The predicted molar refractivity (Wildman–Crippen MR) is 81.3 cm³/mol. The van der Waals surface area contributed by atoms with Crippen LogP contribution in [0.15, 0.2) is 30.3 Å². The van der Waals surface area contributed by atoms with Gasteiger partial charge in [0.1, 0.15) is 11.3 Å². The summed E-state index contributed by atoms with van der Waals surface area (Å²) >= 11 is 12.0. The molecule has 0 radical (unpaired) electrons. The number of fused-ring (bicyclic) bond motifs is 1. The highest BCUT2D eigenvalue weighted by molar-refractivity contribution is 6.32. The maximum atomic E-state index is 6.11. The topological polar surface area (TPSA) is 35.0 Å². The van der Waals surface area contributed by atoms with Gasteiger partial charge in [0.2, 0.25) is 5.28 Å². The van der Waals surface area contributed by atoms with E-state index in [0.29, 0.717) is 18.2 Å². The van der Waals surface area contributed by atoms with Gasteiger partial charge in [0.25, 0.3) is 0 Å². The van der Waals surface area contributed by atoms with Crippen molar-refractivity contribution < 1.29 is 4.74 Å². The highest BCUT2D eigenvalue weighted by atomic mass is 35.5. The molecule has 0 fully saturated rings. The Hall–Kier alpha value is -1.16. The van der Waals surface area contributed by atoms with E-state index >= 15 is 0 Å². The van der Waals surface area contributed by atoms with Gasteiger partial charge in [-0.2, -0.15) is 0 Å². The lowest BCUT2D eigenvalue weighted by molar-refractivity contribution is 0.0662.